The standard InChI is InChI=1S/C14H20BrN/c1-10-7-8-12(9-13(10)15)16-14-6-4-3-5-11(14)2/h7-9,11,14,16H,3-6H2,1-2H3. The molecule has 0 radical (unpaired) electrons. The topological polar surface area (TPSA) is 12.0 Å². The fraction of sp³-hybridized carbons (Fsp3) is 0.571. The summed E-state index contributed by atoms with van der Waals surface area (Å²) >= 11 is 3.59. The van der Waals surface area contributed by atoms with Gasteiger partial charge in [-0.2, -0.15) is 0 Å². The first-order valence-electron chi connectivity index (χ1n) is 6.19. The van der Waals surface area contributed by atoms with Crippen LogP contribution in [0.4, 0.5) is 5.69 Å². The van der Waals surface area contributed by atoms with Gasteiger partial charge in [0, 0.05) is 16.2 Å². The third-order valence-electron chi connectivity index (χ3n) is 3.64. The third-order valence-corrected chi connectivity index (χ3v) is 4.49. The quantitative estimate of drug-likeness (QED) is 0.825. The van der Waals surface area contributed by atoms with Crippen LogP contribution in [-0.4, -0.2) is 6.04 Å². The lowest BCUT2D eigenvalue weighted by Crippen LogP contribution is -2.30. The molecular weight excluding hydrogens is 262 g/mol. The number of benzene rings is 1. The van der Waals surface area contributed by atoms with Crippen molar-refractivity contribution in [3.8, 4) is 0 Å². The molecule has 88 valence electrons. The van der Waals surface area contributed by atoms with E-state index in [1.165, 1.54) is 41.4 Å². The molecule has 0 bridgehead atoms. The van der Waals surface area contributed by atoms with E-state index in [0.717, 1.165) is 5.92 Å². The summed E-state index contributed by atoms with van der Waals surface area (Å²) in [5.74, 6) is 0.800. The Hall–Kier alpha value is -0.500. The lowest BCUT2D eigenvalue weighted by atomic mass is 9.86. The maximum Gasteiger partial charge on any atom is 0.0353 e. The van der Waals surface area contributed by atoms with Crippen LogP contribution in [0.2, 0.25) is 0 Å². The minimum atomic E-state index is 0.656. The van der Waals surface area contributed by atoms with Crippen molar-refractivity contribution in [2.24, 2.45) is 5.92 Å². The Morgan fingerprint density at radius 3 is 2.69 bits per heavy atom. The van der Waals surface area contributed by atoms with Crippen molar-refractivity contribution in [2.75, 3.05) is 5.32 Å². The lowest BCUT2D eigenvalue weighted by molar-refractivity contribution is 0.349. The van der Waals surface area contributed by atoms with Gasteiger partial charge in [-0.15, -0.1) is 0 Å². The number of aryl methyl sites for hydroxylation is 1. The second kappa shape index (κ2) is 5.22. The number of anilines is 1. The summed E-state index contributed by atoms with van der Waals surface area (Å²) in [6, 6.07) is 7.20. The van der Waals surface area contributed by atoms with Crippen molar-refractivity contribution >= 4 is 21.6 Å². The molecule has 2 heteroatoms. The molecule has 0 aromatic heterocycles. The van der Waals surface area contributed by atoms with E-state index in [1.54, 1.807) is 0 Å². The molecule has 2 unspecified atom stereocenters. The van der Waals surface area contributed by atoms with Crippen LogP contribution in [0.5, 0.6) is 0 Å². The Morgan fingerprint density at radius 2 is 2.00 bits per heavy atom. The van der Waals surface area contributed by atoms with Gasteiger partial charge in [0.2, 0.25) is 0 Å². The lowest BCUT2D eigenvalue weighted by Gasteiger charge is -2.30. The summed E-state index contributed by atoms with van der Waals surface area (Å²) in [6.07, 6.45) is 5.45. The molecule has 1 fully saturated rings. The Balaban J connectivity index is 2.05. The van der Waals surface area contributed by atoms with Gasteiger partial charge in [-0.25, -0.2) is 0 Å². The van der Waals surface area contributed by atoms with Crippen LogP contribution in [-0.2, 0) is 0 Å². The summed E-state index contributed by atoms with van der Waals surface area (Å²) in [6.45, 7) is 4.48. The van der Waals surface area contributed by atoms with Gasteiger partial charge in [-0.1, -0.05) is 41.8 Å². The van der Waals surface area contributed by atoms with E-state index < -0.39 is 0 Å². The minimum absolute atomic E-state index is 0.656. The Kier molecular flexibility index (Phi) is 3.91. The van der Waals surface area contributed by atoms with E-state index >= 15 is 0 Å². The molecule has 1 saturated carbocycles. The van der Waals surface area contributed by atoms with Crippen molar-refractivity contribution in [2.45, 2.75) is 45.6 Å². The molecule has 2 rings (SSSR count). The van der Waals surface area contributed by atoms with Gasteiger partial charge in [0.25, 0.3) is 0 Å². The first kappa shape index (κ1) is 12.0. The molecule has 0 aliphatic heterocycles. The second-order valence-electron chi connectivity index (χ2n) is 4.98. The van der Waals surface area contributed by atoms with Crippen LogP contribution in [0.3, 0.4) is 0 Å². The van der Waals surface area contributed by atoms with Gasteiger partial charge in [0.05, 0.1) is 0 Å². The Labute approximate surface area is 107 Å². The summed E-state index contributed by atoms with van der Waals surface area (Å²) < 4.78 is 1.20. The molecule has 0 saturated heterocycles. The van der Waals surface area contributed by atoms with Gasteiger partial charge in [-0.3, -0.25) is 0 Å². The molecular formula is C14H20BrN. The zero-order chi connectivity index (χ0) is 11.5. The predicted octanol–water partition coefficient (Wildman–Crippen LogP) is 4.75. The molecule has 2 atom stereocenters. The molecule has 1 nitrogen and oxygen atoms in total. The highest BCUT2D eigenvalue weighted by molar-refractivity contribution is 9.10. The van der Waals surface area contributed by atoms with E-state index in [4.69, 9.17) is 0 Å². The third kappa shape index (κ3) is 2.79. The monoisotopic (exact) mass is 281 g/mol. The van der Waals surface area contributed by atoms with E-state index in [0.29, 0.717) is 6.04 Å². The zero-order valence-corrected chi connectivity index (χ0v) is 11.7. The average molecular weight is 282 g/mol. The van der Waals surface area contributed by atoms with E-state index in [1.807, 2.05) is 0 Å². The minimum Gasteiger partial charge on any atom is -0.382 e. The summed E-state index contributed by atoms with van der Waals surface area (Å²) in [4.78, 5) is 0. The van der Waals surface area contributed by atoms with Crippen LogP contribution in [0, 0.1) is 12.8 Å². The average Bonchev–Trinajstić information content (AvgIpc) is 2.27. The fourth-order valence-corrected chi connectivity index (χ4v) is 2.81. The first-order chi connectivity index (χ1) is 7.66. The fourth-order valence-electron chi connectivity index (χ4n) is 2.43. The Morgan fingerprint density at radius 1 is 1.25 bits per heavy atom. The summed E-state index contributed by atoms with van der Waals surface area (Å²) in [5, 5.41) is 3.67. The second-order valence-corrected chi connectivity index (χ2v) is 5.83. The van der Waals surface area contributed by atoms with Crippen LogP contribution in [0.25, 0.3) is 0 Å². The van der Waals surface area contributed by atoms with Gasteiger partial charge >= 0.3 is 0 Å². The Bertz CT molecular complexity index is 362. The molecule has 16 heavy (non-hydrogen) atoms. The molecule has 1 aliphatic rings. The summed E-state index contributed by atoms with van der Waals surface area (Å²) in [7, 11) is 0. The number of halogens is 1. The van der Waals surface area contributed by atoms with Crippen LogP contribution in [0.1, 0.15) is 38.2 Å². The van der Waals surface area contributed by atoms with Crippen molar-refractivity contribution < 1.29 is 0 Å². The van der Waals surface area contributed by atoms with Crippen molar-refractivity contribution in [3.05, 3.63) is 28.2 Å². The van der Waals surface area contributed by atoms with E-state index in [9.17, 15) is 0 Å². The SMILES string of the molecule is Cc1ccc(NC2CCCCC2C)cc1Br. The maximum absolute atomic E-state index is 3.67. The van der Waals surface area contributed by atoms with Gasteiger partial charge in [-0.05, 0) is 43.4 Å². The van der Waals surface area contributed by atoms with Gasteiger partial charge < -0.3 is 5.32 Å². The molecule has 1 aromatic rings. The van der Waals surface area contributed by atoms with Crippen molar-refractivity contribution in [1.29, 1.82) is 0 Å². The van der Waals surface area contributed by atoms with Crippen LogP contribution >= 0.6 is 15.9 Å². The highest BCUT2D eigenvalue weighted by Crippen LogP contribution is 2.28. The largest absolute Gasteiger partial charge is 0.382 e. The molecule has 0 amide bonds. The predicted molar refractivity (Wildman–Crippen MR) is 73.9 cm³/mol. The van der Waals surface area contributed by atoms with E-state index in [-0.39, 0.29) is 0 Å². The van der Waals surface area contributed by atoms with E-state index in [2.05, 4.69) is 53.3 Å². The molecule has 1 N–H and O–H groups in total. The van der Waals surface area contributed by atoms with Crippen molar-refractivity contribution in [3.63, 3.8) is 0 Å². The molecule has 1 aliphatic carbocycles. The highest BCUT2D eigenvalue weighted by atomic mass is 79.9. The van der Waals surface area contributed by atoms with Crippen molar-refractivity contribution in [1.82, 2.24) is 0 Å². The number of rotatable bonds is 2. The first-order valence-corrected chi connectivity index (χ1v) is 6.99. The van der Waals surface area contributed by atoms with Gasteiger partial charge in [0.1, 0.15) is 0 Å². The normalized spacial score (nSPS) is 25.4. The molecule has 0 heterocycles. The summed E-state index contributed by atoms with van der Waals surface area (Å²) in [5.41, 5.74) is 2.54. The zero-order valence-electron chi connectivity index (χ0n) is 10.1. The number of nitrogens with one attached hydrogen (secondary N) is 1. The molecule has 0 spiro atoms. The molecule has 1 aromatic carbocycles. The number of hydrogen-bond donors (Lipinski definition) is 1. The maximum atomic E-state index is 3.67. The highest BCUT2D eigenvalue weighted by Gasteiger charge is 2.20. The number of hydrogen-bond acceptors (Lipinski definition) is 1. The van der Waals surface area contributed by atoms with Gasteiger partial charge in [0.15, 0.2) is 0 Å². The smallest absolute Gasteiger partial charge is 0.0353 e. The van der Waals surface area contributed by atoms with Crippen LogP contribution < -0.4 is 5.32 Å². The van der Waals surface area contributed by atoms with Crippen LogP contribution in [0.15, 0.2) is 22.7 Å².